The van der Waals surface area contributed by atoms with Crippen molar-refractivity contribution in [1.82, 2.24) is 29.2 Å². The molecule has 1 saturated heterocycles. The van der Waals surface area contributed by atoms with Gasteiger partial charge in [0, 0.05) is 18.8 Å². The molecule has 14 nitrogen and oxygen atoms in total. The second-order valence-corrected chi connectivity index (χ2v) is 11.2. The molecule has 1 aliphatic heterocycles. The van der Waals surface area contributed by atoms with Gasteiger partial charge in [0.25, 0.3) is 0 Å². The van der Waals surface area contributed by atoms with Crippen molar-refractivity contribution in [2.24, 2.45) is 0 Å². The van der Waals surface area contributed by atoms with Crippen LogP contribution in [-0.4, -0.2) is 81.5 Å². The number of hydrogen-bond donors (Lipinski definition) is 0. The molecule has 4 aromatic heterocycles. The van der Waals surface area contributed by atoms with Crippen molar-refractivity contribution in [3.63, 3.8) is 0 Å². The topological polar surface area (TPSA) is 166 Å². The molecular weight excluding hydrogens is 637 g/mol. The third kappa shape index (κ3) is 8.57. The molecule has 0 amide bonds. The molecule has 1 aliphatic rings. The van der Waals surface area contributed by atoms with E-state index in [4.69, 9.17) is 9.47 Å². The van der Waals surface area contributed by atoms with E-state index in [0.29, 0.717) is 29.1 Å². The Morgan fingerprint density at radius 1 is 0.913 bits per heavy atom. The Balaban J connectivity index is 0.000000221. The first-order chi connectivity index (χ1) is 21.6. The number of aryl methyl sites for hydroxylation is 2. The quantitative estimate of drug-likeness (QED) is 0.154. The van der Waals surface area contributed by atoms with Crippen LogP contribution in [0, 0.1) is 13.8 Å². The maximum atomic E-state index is 12.5. The van der Waals surface area contributed by atoms with E-state index < -0.39 is 38.9 Å². The zero-order valence-corrected chi connectivity index (χ0v) is 26.6. The highest BCUT2D eigenvalue weighted by Gasteiger charge is 2.49. The second-order valence-electron chi connectivity index (χ2n) is 9.65. The third-order valence-corrected chi connectivity index (χ3v) is 6.85. The van der Waals surface area contributed by atoms with E-state index in [-0.39, 0.29) is 12.3 Å². The Morgan fingerprint density at radius 3 is 1.85 bits per heavy atom. The molecule has 250 valence electrons. The van der Waals surface area contributed by atoms with Crippen LogP contribution in [0.1, 0.15) is 71.3 Å². The van der Waals surface area contributed by atoms with E-state index in [1.807, 2.05) is 13.8 Å². The molecule has 0 N–H and O–H groups in total. The second kappa shape index (κ2) is 15.1. The molecular formula is C28H33F3N6O8S. The lowest BCUT2D eigenvalue weighted by molar-refractivity contribution is -0.0500. The summed E-state index contributed by atoms with van der Waals surface area (Å²) in [6.07, 6.45) is 8.01. The number of halogens is 3. The Morgan fingerprint density at radius 2 is 1.39 bits per heavy atom. The SMILES string of the molecule is C1CCOC1.C=C(C)c1c(C(=O)OCC)cnn2cc(C)nc12.CCOC(=O)c1cnn2cc(C)nc2c1OS(=O)(=O)C(F)(F)F. The van der Waals surface area contributed by atoms with Gasteiger partial charge in [-0.15, -0.1) is 0 Å². The summed E-state index contributed by atoms with van der Waals surface area (Å²) in [5.74, 6) is -2.38. The number of imidazole rings is 2. The normalized spacial score (nSPS) is 13.0. The molecule has 1 fully saturated rings. The van der Waals surface area contributed by atoms with Crippen LogP contribution in [0.25, 0.3) is 16.9 Å². The van der Waals surface area contributed by atoms with Gasteiger partial charge in [-0.25, -0.2) is 28.6 Å². The molecule has 5 rings (SSSR count). The van der Waals surface area contributed by atoms with Crippen molar-refractivity contribution in [3.05, 3.63) is 59.4 Å². The molecule has 0 bridgehead atoms. The maximum Gasteiger partial charge on any atom is 0.534 e. The largest absolute Gasteiger partial charge is 0.534 e. The molecule has 0 unspecified atom stereocenters. The summed E-state index contributed by atoms with van der Waals surface area (Å²) < 4.78 is 81.5. The predicted octanol–water partition coefficient (Wildman–Crippen LogP) is 4.49. The molecule has 4 aromatic rings. The van der Waals surface area contributed by atoms with E-state index in [9.17, 15) is 31.2 Å². The number of hydrogen-bond acceptors (Lipinski definition) is 12. The average Bonchev–Trinajstić information content (AvgIpc) is 3.73. The number of ether oxygens (including phenoxy) is 3. The van der Waals surface area contributed by atoms with Crippen LogP contribution in [0.2, 0.25) is 0 Å². The van der Waals surface area contributed by atoms with Crippen molar-refractivity contribution in [2.45, 2.75) is 53.0 Å². The standard InChI is InChI=1S/C13H15N3O2.C11H10F3N3O5S.C4H8O/c1-5-18-13(17)10-6-14-16-7-9(4)15-12(16)11(10)8(2)3;1-3-21-10(18)7-4-15-17-5-6(2)16-9(17)8(7)22-23(19,20)11(12,13)14;1-2-4-5-3-1/h6-7H,2,5H2,1,3-4H3;4-5H,3H2,1-2H3;1-4H2. The van der Waals surface area contributed by atoms with Crippen molar-refractivity contribution in [3.8, 4) is 5.75 Å². The van der Waals surface area contributed by atoms with Crippen LogP contribution in [0.5, 0.6) is 5.75 Å². The van der Waals surface area contributed by atoms with E-state index in [1.165, 1.54) is 39.1 Å². The first kappa shape index (κ1) is 35.9. The summed E-state index contributed by atoms with van der Waals surface area (Å²) in [5, 5.41) is 7.92. The minimum Gasteiger partial charge on any atom is -0.462 e. The number of carbonyl (C=O) groups excluding carboxylic acids is 2. The molecule has 0 saturated carbocycles. The highest BCUT2D eigenvalue weighted by Crippen LogP contribution is 2.32. The average molecular weight is 671 g/mol. The maximum absolute atomic E-state index is 12.5. The number of rotatable bonds is 7. The Hall–Kier alpha value is -4.58. The van der Waals surface area contributed by atoms with Crippen LogP contribution in [0.4, 0.5) is 13.2 Å². The molecule has 0 aromatic carbocycles. The van der Waals surface area contributed by atoms with Crippen LogP contribution < -0.4 is 4.18 Å². The van der Waals surface area contributed by atoms with Gasteiger partial charge in [-0.3, -0.25) is 0 Å². The van der Waals surface area contributed by atoms with Gasteiger partial charge in [-0.05, 0) is 53.0 Å². The fourth-order valence-electron chi connectivity index (χ4n) is 3.96. The number of carbonyl (C=O) groups is 2. The van der Waals surface area contributed by atoms with Crippen molar-refractivity contribution in [1.29, 1.82) is 0 Å². The van der Waals surface area contributed by atoms with Gasteiger partial charge in [0.15, 0.2) is 11.3 Å². The Bertz CT molecular complexity index is 1820. The van der Waals surface area contributed by atoms with Crippen molar-refractivity contribution >= 4 is 38.9 Å². The number of esters is 2. The van der Waals surface area contributed by atoms with Gasteiger partial charge in [-0.1, -0.05) is 6.58 Å². The fourth-order valence-corrected chi connectivity index (χ4v) is 4.44. The Labute approximate surface area is 262 Å². The summed E-state index contributed by atoms with van der Waals surface area (Å²) in [6, 6.07) is 0. The van der Waals surface area contributed by atoms with Crippen LogP contribution in [0.15, 0.2) is 31.4 Å². The molecule has 0 spiro atoms. The van der Waals surface area contributed by atoms with Crippen molar-refractivity contribution in [2.75, 3.05) is 26.4 Å². The number of allylic oxidation sites excluding steroid dienone is 1. The third-order valence-electron chi connectivity index (χ3n) is 5.90. The summed E-state index contributed by atoms with van der Waals surface area (Å²) in [7, 11) is -5.99. The summed E-state index contributed by atoms with van der Waals surface area (Å²) in [6.45, 7) is 14.6. The smallest absolute Gasteiger partial charge is 0.462 e. The Kier molecular flexibility index (Phi) is 11.8. The van der Waals surface area contributed by atoms with Gasteiger partial charge < -0.3 is 18.4 Å². The van der Waals surface area contributed by atoms with Gasteiger partial charge in [-0.2, -0.15) is 31.8 Å². The lowest BCUT2D eigenvalue weighted by Gasteiger charge is -2.12. The van der Waals surface area contributed by atoms with Gasteiger partial charge in [0.2, 0.25) is 5.75 Å². The number of fused-ring (bicyclic) bond motifs is 2. The van der Waals surface area contributed by atoms with E-state index in [1.54, 1.807) is 17.6 Å². The van der Waals surface area contributed by atoms with Crippen LogP contribution >= 0.6 is 0 Å². The lowest BCUT2D eigenvalue weighted by atomic mass is 10.1. The van der Waals surface area contributed by atoms with Crippen molar-refractivity contribution < 1.29 is 49.6 Å². The van der Waals surface area contributed by atoms with Gasteiger partial charge in [0.05, 0.1) is 55.0 Å². The van der Waals surface area contributed by atoms with Gasteiger partial charge >= 0.3 is 27.6 Å². The van der Waals surface area contributed by atoms with E-state index in [2.05, 4.69) is 35.7 Å². The molecule has 0 radical (unpaired) electrons. The number of aromatic nitrogens is 6. The zero-order chi connectivity index (χ0) is 34.2. The minimum atomic E-state index is -5.99. The van der Waals surface area contributed by atoms with E-state index in [0.717, 1.165) is 35.2 Å². The summed E-state index contributed by atoms with van der Waals surface area (Å²) in [5.41, 5.74) is -2.96. The van der Waals surface area contributed by atoms with E-state index >= 15 is 0 Å². The summed E-state index contributed by atoms with van der Waals surface area (Å²) in [4.78, 5) is 31.9. The molecule has 46 heavy (non-hydrogen) atoms. The first-order valence-electron chi connectivity index (χ1n) is 13.9. The molecule has 5 heterocycles. The van der Waals surface area contributed by atoms with Crippen LogP contribution in [0.3, 0.4) is 0 Å². The predicted molar refractivity (Wildman–Crippen MR) is 158 cm³/mol. The minimum absolute atomic E-state index is 0.0804. The lowest BCUT2D eigenvalue weighted by Crippen LogP contribution is -2.29. The summed E-state index contributed by atoms with van der Waals surface area (Å²) >= 11 is 0. The molecule has 0 aliphatic carbocycles. The molecule has 18 heteroatoms. The fraction of sp³-hybridized carbons (Fsp3) is 0.429. The number of alkyl halides is 3. The highest BCUT2D eigenvalue weighted by atomic mass is 32.2. The zero-order valence-electron chi connectivity index (χ0n) is 25.8. The monoisotopic (exact) mass is 670 g/mol. The van der Waals surface area contributed by atoms with Gasteiger partial charge in [0.1, 0.15) is 5.56 Å². The molecule has 0 atom stereocenters. The number of nitrogens with zero attached hydrogens (tertiary/aromatic N) is 6. The van der Waals surface area contributed by atoms with Crippen LogP contribution in [-0.2, 0) is 24.3 Å². The first-order valence-corrected chi connectivity index (χ1v) is 15.3. The highest BCUT2D eigenvalue weighted by molar-refractivity contribution is 7.88.